The lowest BCUT2D eigenvalue weighted by Gasteiger charge is -2.25. The van der Waals surface area contributed by atoms with Crippen LogP contribution < -0.4 is 10.6 Å². The molecule has 0 amide bonds. The van der Waals surface area contributed by atoms with Gasteiger partial charge in [0.2, 0.25) is 0 Å². The molecular weight excluding hydrogens is 340 g/mol. The van der Waals surface area contributed by atoms with Crippen LogP contribution in [0.4, 0.5) is 0 Å². The van der Waals surface area contributed by atoms with Crippen LogP contribution in [0.15, 0.2) is 35.3 Å². The van der Waals surface area contributed by atoms with Crippen LogP contribution in [0.2, 0.25) is 0 Å². The van der Waals surface area contributed by atoms with Crippen molar-refractivity contribution < 1.29 is 9.47 Å². The summed E-state index contributed by atoms with van der Waals surface area (Å²) in [7, 11) is 6.05. The molecule has 2 atom stereocenters. The van der Waals surface area contributed by atoms with Gasteiger partial charge < -0.3 is 25.0 Å². The van der Waals surface area contributed by atoms with Gasteiger partial charge in [-0.1, -0.05) is 30.3 Å². The van der Waals surface area contributed by atoms with Gasteiger partial charge in [0.15, 0.2) is 5.96 Å². The van der Waals surface area contributed by atoms with Crippen LogP contribution >= 0.6 is 0 Å². The molecule has 1 saturated heterocycles. The van der Waals surface area contributed by atoms with E-state index in [1.165, 1.54) is 5.56 Å². The molecule has 0 aliphatic carbocycles. The van der Waals surface area contributed by atoms with Gasteiger partial charge in [0.1, 0.15) is 0 Å². The van der Waals surface area contributed by atoms with E-state index in [9.17, 15) is 0 Å². The molecule has 0 aromatic heterocycles. The Hall–Kier alpha value is -1.63. The van der Waals surface area contributed by atoms with Crippen molar-refractivity contribution >= 4 is 5.96 Å². The van der Waals surface area contributed by atoms with Crippen molar-refractivity contribution in [2.24, 2.45) is 4.99 Å². The lowest BCUT2D eigenvalue weighted by Crippen LogP contribution is -2.46. The summed E-state index contributed by atoms with van der Waals surface area (Å²) in [5, 5.41) is 6.81. The molecule has 6 heteroatoms. The zero-order valence-electron chi connectivity index (χ0n) is 17.1. The molecule has 0 bridgehead atoms. The van der Waals surface area contributed by atoms with Crippen molar-refractivity contribution in [1.29, 1.82) is 0 Å². The average Bonchev–Trinajstić information content (AvgIpc) is 3.20. The summed E-state index contributed by atoms with van der Waals surface area (Å²) < 4.78 is 11.3. The number of hydrogen-bond donors (Lipinski definition) is 2. The zero-order chi connectivity index (χ0) is 19.3. The number of aliphatic imine (C=N–C) groups is 1. The van der Waals surface area contributed by atoms with Crippen molar-refractivity contribution in [2.75, 3.05) is 54.1 Å². The van der Waals surface area contributed by atoms with E-state index >= 15 is 0 Å². The first-order valence-electron chi connectivity index (χ1n) is 10.0. The lowest BCUT2D eigenvalue weighted by molar-refractivity contribution is 0.0168. The molecular formula is C21H36N4O2. The second kappa shape index (κ2) is 12.7. The molecule has 152 valence electrons. The number of guanidine groups is 1. The van der Waals surface area contributed by atoms with Crippen molar-refractivity contribution in [3.63, 3.8) is 0 Å². The van der Waals surface area contributed by atoms with Crippen LogP contribution in [0, 0.1) is 0 Å². The summed E-state index contributed by atoms with van der Waals surface area (Å²) in [6.45, 7) is 4.04. The summed E-state index contributed by atoms with van der Waals surface area (Å²) in [6.07, 6.45) is 4.56. The Morgan fingerprint density at radius 2 is 2.11 bits per heavy atom. The van der Waals surface area contributed by atoms with Crippen molar-refractivity contribution in [2.45, 2.75) is 37.8 Å². The molecule has 0 spiro atoms. The van der Waals surface area contributed by atoms with E-state index in [4.69, 9.17) is 9.47 Å². The predicted molar refractivity (Wildman–Crippen MR) is 111 cm³/mol. The van der Waals surface area contributed by atoms with Gasteiger partial charge in [-0.05, 0) is 45.3 Å². The van der Waals surface area contributed by atoms with Crippen molar-refractivity contribution in [3.05, 3.63) is 35.9 Å². The lowest BCUT2D eigenvalue weighted by atomic mass is 10.1. The molecule has 27 heavy (non-hydrogen) atoms. The molecule has 1 aromatic carbocycles. The van der Waals surface area contributed by atoms with Gasteiger partial charge in [-0.3, -0.25) is 4.99 Å². The number of likely N-dealkylation sites (N-methyl/N-ethyl adjacent to an activating group) is 1. The molecule has 1 heterocycles. The van der Waals surface area contributed by atoms with Crippen molar-refractivity contribution in [1.82, 2.24) is 15.5 Å². The zero-order valence-corrected chi connectivity index (χ0v) is 17.1. The van der Waals surface area contributed by atoms with Crippen LogP contribution in [0.5, 0.6) is 0 Å². The molecule has 2 unspecified atom stereocenters. The van der Waals surface area contributed by atoms with Gasteiger partial charge in [-0.2, -0.15) is 0 Å². The molecule has 2 N–H and O–H groups in total. The molecule has 0 radical (unpaired) electrons. The highest BCUT2D eigenvalue weighted by Gasteiger charge is 2.15. The topological polar surface area (TPSA) is 58.1 Å². The van der Waals surface area contributed by atoms with Crippen LogP contribution in [-0.4, -0.2) is 77.1 Å². The number of nitrogens with one attached hydrogen (secondary N) is 2. The quantitative estimate of drug-likeness (QED) is 0.351. The summed E-state index contributed by atoms with van der Waals surface area (Å²) >= 11 is 0. The van der Waals surface area contributed by atoms with E-state index < -0.39 is 0 Å². The molecule has 1 fully saturated rings. The first-order valence-corrected chi connectivity index (χ1v) is 10.0. The van der Waals surface area contributed by atoms with E-state index in [2.05, 4.69) is 65.0 Å². The average molecular weight is 377 g/mol. The normalized spacial score (nSPS) is 18.7. The SMILES string of the molecule is CN=C(NCCCOCC1CCCO1)NCC(Cc1ccccc1)N(C)C. The Morgan fingerprint density at radius 1 is 1.30 bits per heavy atom. The maximum absolute atomic E-state index is 5.70. The maximum atomic E-state index is 5.70. The molecule has 0 saturated carbocycles. The maximum Gasteiger partial charge on any atom is 0.191 e. The Balaban J connectivity index is 1.61. The third kappa shape index (κ3) is 8.73. The van der Waals surface area contributed by atoms with Crippen LogP contribution in [0.1, 0.15) is 24.8 Å². The van der Waals surface area contributed by atoms with Gasteiger partial charge in [-0.15, -0.1) is 0 Å². The fourth-order valence-corrected chi connectivity index (χ4v) is 3.13. The summed E-state index contributed by atoms with van der Waals surface area (Å²) in [6, 6.07) is 11.0. The summed E-state index contributed by atoms with van der Waals surface area (Å²) in [5.74, 6) is 0.842. The highest BCUT2D eigenvalue weighted by Crippen LogP contribution is 2.11. The second-order valence-electron chi connectivity index (χ2n) is 7.25. The van der Waals surface area contributed by atoms with Gasteiger partial charge in [-0.25, -0.2) is 0 Å². The summed E-state index contributed by atoms with van der Waals surface area (Å²) in [4.78, 5) is 6.58. The second-order valence-corrected chi connectivity index (χ2v) is 7.25. The minimum Gasteiger partial charge on any atom is -0.379 e. The van der Waals surface area contributed by atoms with E-state index in [0.29, 0.717) is 12.1 Å². The Morgan fingerprint density at radius 3 is 2.78 bits per heavy atom. The van der Waals surface area contributed by atoms with E-state index in [-0.39, 0.29) is 0 Å². The number of ether oxygens (including phenoxy) is 2. The number of hydrogen-bond acceptors (Lipinski definition) is 4. The van der Waals surface area contributed by atoms with Crippen LogP contribution in [0.3, 0.4) is 0 Å². The third-order valence-corrected chi connectivity index (χ3v) is 4.86. The predicted octanol–water partition coefficient (Wildman–Crippen LogP) is 1.91. The number of nitrogens with zero attached hydrogens (tertiary/aromatic N) is 2. The third-order valence-electron chi connectivity index (χ3n) is 4.86. The van der Waals surface area contributed by atoms with E-state index in [0.717, 1.165) is 64.6 Å². The highest BCUT2D eigenvalue weighted by molar-refractivity contribution is 5.79. The molecule has 1 aliphatic rings. The fraction of sp³-hybridized carbons (Fsp3) is 0.667. The molecule has 1 aliphatic heterocycles. The van der Waals surface area contributed by atoms with E-state index in [1.54, 1.807) is 0 Å². The van der Waals surface area contributed by atoms with Crippen LogP contribution in [-0.2, 0) is 15.9 Å². The van der Waals surface area contributed by atoms with Gasteiger partial charge in [0, 0.05) is 39.4 Å². The molecule has 1 aromatic rings. The minimum atomic E-state index is 0.306. The number of rotatable bonds is 11. The molecule has 6 nitrogen and oxygen atoms in total. The summed E-state index contributed by atoms with van der Waals surface area (Å²) in [5.41, 5.74) is 1.35. The number of benzene rings is 1. The van der Waals surface area contributed by atoms with Gasteiger partial charge in [0.25, 0.3) is 0 Å². The van der Waals surface area contributed by atoms with Gasteiger partial charge in [0.05, 0.1) is 12.7 Å². The van der Waals surface area contributed by atoms with E-state index in [1.807, 2.05) is 7.05 Å². The molecule has 2 rings (SSSR count). The fourth-order valence-electron chi connectivity index (χ4n) is 3.13. The Kier molecular flexibility index (Phi) is 10.2. The smallest absolute Gasteiger partial charge is 0.191 e. The first kappa shape index (κ1) is 21.7. The first-order chi connectivity index (χ1) is 13.2. The Bertz CT molecular complexity index is 530. The monoisotopic (exact) mass is 376 g/mol. The standard InChI is InChI=1S/C21H36N4O2/c1-22-21(23-12-8-13-26-17-20-11-7-14-27-20)24-16-19(25(2)3)15-18-9-5-4-6-10-18/h4-6,9-10,19-20H,7-8,11-17H2,1-3H3,(H2,22,23,24). The Labute approximate surface area is 164 Å². The highest BCUT2D eigenvalue weighted by atomic mass is 16.5. The van der Waals surface area contributed by atoms with Crippen molar-refractivity contribution in [3.8, 4) is 0 Å². The minimum absolute atomic E-state index is 0.306. The largest absolute Gasteiger partial charge is 0.379 e. The van der Waals surface area contributed by atoms with Crippen LogP contribution in [0.25, 0.3) is 0 Å². The van der Waals surface area contributed by atoms with Gasteiger partial charge >= 0.3 is 0 Å².